The number of carbonyl (C=O) groups is 1. The number of carbonyl (C=O) groups excluding carboxylic acids is 1. The van der Waals surface area contributed by atoms with Gasteiger partial charge in [0.25, 0.3) is 0 Å². The number of nitrogens with two attached hydrogens (primary N) is 1. The van der Waals surface area contributed by atoms with E-state index in [-0.39, 0.29) is 5.91 Å². The molecule has 3 heteroatoms. The third-order valence-corrected chi connectivity index (χ3v) is 3.27. The van der Waals surface area contributed by atoms with Crippen LogP contribution in [0.4, 0.5) is 11.4 Å². The summed E-state index contributed by atoms with van der Waals surface area (Å²) in [5.74, 6) is 0.0646. The summed E-state index contributed by atoms with van der Waals surface area (Å²) in [6.45, 7) is 1.99. The standard InChI is InChI=1S/C17H20N2O/c1-13-5-2-3-7-16(13)19-17(20)8-4-6-14-9-11-15(18)12-10-14/h2-3,5,7,9-12H,4,6,8,18H2,1H3,(H,19,20). The minimum Gasteiger partial charge on any atom is -0.399 e. The second-order valence-electron chi connectivity index (χ2n) is 4.96. The van der Waals surface area contributed by atoms with Crippen LogP contribution in [0.1, 0.15) is 24.0 Å². The molecule has 0 bridgehead atoms. The second-order valence-corrected chi connectivity index (χ2v) is 4.96. The van der Waals surface area contributed by atoms with E-state index in [2.05, 4.69) is 5.32 Å². The molecular weight excluding hydrogens is 248 g/mol. The van der Waals surface area contributed by atoms with Gasteiger partial charge in [-0.1, -0.05) is 30.3 Å². The van der Waals surface area contributed by atoms with Crippen molar-refractivity contribution in [3.8, 4) is 0 Å². The first-order chi connectivity index (χ1) is 9.65. The molecule has 0 radical (unpaired) electrons. The average Bonchev–Trinajstić information content (AvgIpc) is 2.44. The summed E-state index contributed by atoms with van der Waals surface area (Å²) in [5.41, 5.74) is 9.60. The van der Waals surface area contributed by atoms with Gasteiger partial charge in [-0.3, -0.25) is 4.79 Å². The number of nitrogens with one attached hydrogen (secondary N) is 1. The Morgan fingerprint density at radius 2 is 1.80 bits per heavy atom. The van der Waals surface area contributed by atoms with Crippen LogP contribution in [0.15, 0.2) is 48.5 Å². The van der Waals surface area contributed by atoms with Gasteiger partial charge >= 0.3 is 0 Å². The third-order valence-electron chi connectivity index (χ3n) is 3.27. The molecule has 2 aromatic rings. The number of hydrogen-bond acceptors (Lipinski definition) is 2. The van der Waals surface area contributed by atoms with Crippen molar-refractivity contribution in [1.82, 2.24) is 0 Å². The fourth-order valence-electron chi connectivity index (χ4n) is 2.06. The Morgan fingerprint density at radius 1 is 1.10 bits per heavy atom. The van der Waals surface area contributed by atoms with Gasteiger partial charge in [0.1, 0.15) is 0 Å². The van der Waals surface area contributed by atoms with E-state index in [1.54, 1.807) is 0 Å². The van der Waals surface area contributed by atoms with Crippen molar-refractivity contribution in [3.05, 3.63) is 59.7 Å². The lowest BCUT2D eigenvalue weighted by atomic mass is 10.1. The van der Waals surface area contributed by atoms with Gasteiger partial charge in [-0.25, -0.2) is 0 Å². The number of hydrogen-bond donors (Lipinski definition) is 2. The molecule has 3 N–H and O–H groups in total. The highest BCUT2D eigenvalue weighted by Crippen LogP contribution is 2.14. The molecule has 20 heavy (non-hydrogen) atoms. The Balaban J connectivity index is 1.78. The van der Waals surface area contributed by atoms with Crippen molar-refractivity contribution in [2.45, 2.75) is 26.2 Å². The zero-order chi connectivity index (χ0) is 14.4. The van der Waals surface area contributed by atoms with Gasteiger partial charge in [-0.05, 0) is 49.1 Å². The number of amides is 1. The van der Waals surface area contributed by atoms with Crippen LogP contribution in [0.25, 0.3) is 0 Å². The number of rotatable bonds is 5. The minimum atomic E-state index is 0.0646. The molecule has 0 spiro atoms. The topological polar surface area (TPSA) is 55.1 Å². The highest BCUT2D eigenvalue weighted by molar-refractivity contribution is 5.91. The maximum absolute atomic E-state index is 11.9. The number of benzene rings is 2. The van der Waals surface area contributed by atoms with Crippen LogP contribution in [0.2, 0.25) is 0 Å². The van der Waals surface area contributed by atoms with E-state index < -0.39 is 0 Å². The molecule has 3 nitrogen and oxygen atoms in total. The fourth-order valence-corrected chi connectivity index (χ4v) is 2.06. The first-order valence-electron chi connectivity index (χ1n) is 6.85. The van der Waals surface area contributed by atoms with E-state index in [1.165, 1.54) is 5.56 Å². The Morgan fingerprint density at radius 3 is 2.50 bits per heavy atom. The molecule has 0 atom stereocenters. The van der Waals surface area contributed by atoms with E-state index in [0.29, 0.717) is 6.42 Å². The lowest BCUT2D eigenvalue weighted by Gasteiger charge is -2.08. The van der Waals surface area contributed by atoms with Crippen LogP contribution in [-0.2, 0) is 11.2 Å². The van der Waals surface area contributed by atoms with Gasteiger partial charge in [0, 0.05) is 17.8 Å². The molecule has 2 aromatic carbocycles. The summed E-state index contributed by atoms with van der Waals surface area (Å²) in [7, 11) is 0. The molecule has 0 saturated heterocycles. The molecule has 1 amide bonds. The zero-order valence-corrected chi connectivity index (χ0v) is 11.7. The first kappa shape index (κ1) is 14.1. The smallest absolute Gasteiger partial charge is 0.224 e. The third kappa shape index (κ3) is 4.12. The van der Waals surface area contributed by atoms with Gasteiger partial charge in [0.05, 0.1) is 0 Å². The van der Waals surface area contributed by atoms with Crippen LogP contribution in [0.3, 0.4) is 0 Å². The van der Waals surface area contributed by atoms with E-state index in [9.17, 15) is 4.79 Å². The molecule has 0 aliphatic heterocycles. The van der Waals surface area contributed by atoms with Gasteiger partial charge in [-0.15, -0.1) is 0 Å². The molecule has 0 saturated carbocycles. The molecule has 2 rings (SSSR count). The van der Waals surface area contributed by atoms with Crippen molar-refractivity contribution in [2.75, 3.05) is 11.1 Å². The lowest BCUT2D eigenvalue weighted by molar-refractivity contribution is -0.116. The Kier molecular flexibility index (Phi) is 4.77. The molecular formula is C17H20N2O. The van der Waals surface area contributed by atoms with E-state index in [0.717, 1.165) is 29.8 Å². The van der Waals surface area contributed by atoms with Crippen LogP contribution in [-0.4, -0.2) is 5.91 Å². The quantitative estimate of drug-likeness (QED) is 0.815. The Hall–Kier alpha value is -2.29. The maximum Gasteiger partial charge on any atom is 0.224 e. The highest BCUT2D eigenvalue weighted by Gasteiger charge is 2.04. The monoisotopic (exact) mass is 268 g/mol. The number of nitrogen functional groups attached to an aromatic ring is 1. The number of para-hydroxylation sites is 1. The van der Waals surface area contributed by atoms with E-state index in [4.69, 9.17) is 5.73 Å². The van der Waals surface area contributed by atoms with Crippen molar-refractivity contribution >= 4 is 17.3 Å². The van der Waals surface area contributed by atoms with Gasteiger partial charge < -0.3 is 11.1 Å². The molecule has 0 heterocycles. The Labute approximate surface area is 119 Å². The van der Waals surface area contributed by atoms with E-state index in [1.807, 2.05) is 55.5 Å². The number of aryl methyl sites for hydroxylation is 2. The molecule has 104 valence electrons. The van der Waals surface area contributed by atoms with Crippen LogP contribution in [0, 0.1) is 6.92 Å². The molecule has 0 aromatic heterocycles. The Bertz CT molecular complexity index is 576. The predicted octanol–water partition coefficient (Wildman–Crippen LogP) is 3.54. The van der Waals surface area contributed by atoms with Crippen molar-refractivity contribution in [2.24, 2.45) is 0 Å². The first-order valence-corrected chi connectivity index (χ1v) is 6.85. The SMILES string of the molecule is Cc1ccccc1NC(=O)CCCc1ccc(N)cc1. The van der Waals surface area contributed by atoms with E-state index >= 15 is 0 Å². The largest absolute Gasteiger partial charge is 0.399 e. The average molecular weight is 268 g/mol. The number of anilines is 2. The maximum atomic E-state index is 11.9. The minimum absolute atomic E-state index is 0.0646. The van der Waals surface area contributed by atoms with Crippen molar-refractivity contribution in [3.63, 3.8) is 0 Å². The van der Waals surface area contributed by atoms with Crippen LogP contribution in [0.5, 0.6) is 0 Å². The van der Waals surface area contributed by atoms with Crippen LogP contribution < -0.4 is 11.1 Å². The molecule has 0 aliphatic rings. The normalized spacial score (nSPS) is 10.2. The van der Waals surface area contributed by atoms with Crippen LogP contribution >= 0.6 is 0 Å². The summed E-state index contributed by atoms with van der Waals surface area (Å²) in [6.07, 6.45) is 2.25. The predicted molar refractivity (Wildman–Crippen MR) is 83.6 cm³/mol. The molecule has 0 fully saturated rings. The van der Waals surface area contributed by atoms with Gasteiger partial charge in [-0.2, -0.15) is 0 Å². The summed E-state index contributed by atoms with van der Waals surface area (Å²) in [4.78, 5) is 11.9. The lowest BCUT2D eigenvalue weighted by Crippen LogP contribution is -2.12. The molecule has 0 aliphatic carbocycles. The summed E-state index contributed by atoms with van der Waals surface area (Å²) in [5, 5.41) is 2.95. The molecule has 0 unspecified atom stereocenters. The summed E-state index contributed by atoms with van der Waals surface area (Å²) >= 11 is 0. The van der Waals surface area contributed by atoms with Gasteiger partial charge in [0.15, 0.2) is 0 Å². The summed E-state index contributed by atoms with van der Waals surface area (Å²) in [6, 6.07) is 15.6. The summed E-state index contributed by atoms with van der Waals surface area (Å²) < 4.78 is 0. The van der Waals surface area contributed by atoms with Gasteiger partial charge in [0.2, 0.25) is 5.91 Å². The zero-order valence-electron chi connectivity index (χ0n) is 11.7. The van der Waals surface area contributed by atoms with Crippen molar-refractivity contribution in [1.29, 1.82) is 0 Å². The highest BCUT2D eigenvalue weighted by atomic mass is 16.1. The fraction of sp³-hybridized carbons (Fsp3) is 0.235. The second kappa shape index (κ2) is 6.75. The van der Waals surface area contributed by atoms with Crippen molar-refractivity contribution < 1.29 is 4.79 Å².